The SMILES string of the molecule is CC(C)C[C@@H](C)NC(=O)[C@H]1CCCN(C(=O)c2cccs2)C1. The number of carbonyl (C=O) groups is 2. The Morgan fingerprint density at radius 2 is 2.18 bits per heavy atom. The zero-order valence-corrected chi connectivity index (χ0v) is 14.5. The summed E-state index contributed by atoms with van der Waals surface area (Å²) in [5.41, 5.74) is 0. The molecule has 2 heterocycles. The molecule has 0 aromatic carbocycles. The monoisotopic (exact) mass is 322 g/mol. The van der Waals surface area contributed by atoms with Gasteiger partial charge >= 0.3 is 0 Å². The first kappa shape index (κ1) is 17.0. The van der Waals surface area contributed by atoms with E-state index in [0.717, 1.165) is 30.7 Å². The lowest BCUT2D eigenvalue weighted by atomic mass is 9.96. The van der Waals surface area contributed by atoms with Gasteiger partial charge in [-0.25, -0.2) is 0 Å². The van der Waals surface area contributed by atoms with E-state index < -0.39 is 0 Å². The van der Waals surface area contributed by atoms with Crippen molar-refractivity contribution in [2.45, 2.75) is 46.1 Å². The highest BCUT2D eigenvalue weighted by atomic mass is 32.1. The maximum absolute atomic E-state index is 12.4. The molecule has 1 N–H and O–H groups in total. The summed E-state index contributed by atoms with van der Waals surface area (Å²) in [5, 5.41) is 5.01. The minimum absolute atomic E-state index is 0.0581. The highest BCUT2D eigenvalue weighted by Gasteiger charge is 2.29. The molecule has 1 aliphatic rings. The summed E-state index contributed by atoms with van der Waals surface area (Å²) in [6.45, 7) is 7.66. The molecule has 1 fully saturated rings. The number of thiophene rings is 1. The number of piperidine rings is 1. The first-order valence-corrected chi connectivity index (χ1v) is 8.98. The van der Waals surface area contributed by atoms with E-state index in [-0.39, 0.29) is 23.8 Å². The van der Waals surface area contributed by atoms with Gasteiger partial charge in [-0.15, -0.1) is 11.3 Å². The number of hydrogen-bond acceptors (Lipinski definition) is 3. The molecule has 1 aromatic rings. The Balaban J connectivity index is 1.90. The number of nitrogens with one attached hydrogen (secondary N) is 1. The summed E-state index contributed by atoms with van der Waals surface area (Å²) < 4.78 is 0. The van der Waals surface area contributed by atoms with Crippen molar-refractivity contribution in [1.29, 1.82) is 0 Å². The van der Waals surface area contributed by atoms with E-state index in [1.165, 1.54) is 11.3 Å². The number of rotatable bonds is 5. The number of carbonyl (C=O) groups excluding carboxylic acids is 2. The first-order valence-electron chi connectivity index (χ1n) is 8.10. The van der Waals surface area contributed by atoms with Gasteiger partial charge in [0.2, 0.25) is 5.91 Å². The fourth-order valence-electron chi connectivity index (χ4n) is 3.06. The molecule has 0 unspecified atom stereocenters. The van der Waals surface area contributed by atoms with Gasteiger partial charge in [-0.1, -0.05) is 19.9 Å². The topological polar surface area (TPSA) is 49.4 Å². The number of likely N-dealkylation sites (tertiary alicyclic amines) is 1. The van der Waals surface area contributed by atoms with Gasteiger partial charge in [-0.2, -0.15) is 0 Å². The van der Waals surface area contributed by atoms with Crippen LogP contribution in [0.1, 0.15) is 49.7 Å². The maximum atomic E-state index is 12.4. The predicted octanol–water partition coefficient (Wildman–Crippen LogP) is 3.15. The molecule has 22 heavy (non-hydrogen) atoms. The molecule has 0 radical (unpaired) electrons. The van der Waals surface area contributed by atoms with Crippen LogP contribution >= 0.6 is 11.3 Å². The zero-order chi connectivity index (χ0) is 16.1. The highest BCUT2D eigenvalue weighted by Crippen LogP contribution is 2.21. The lowest BCUT2D eigenvalue weighted by Gasteiger charge is -2.32. The molecule has 0 bridgehead atoms. The molecule has 4 nitrogen and oxygen atoms in total. The van der Waals surface area contributed by atoms with E-state index in [1.807, 2.05) is 22.4 Å². The lowest BCUT2D eigenvalue weighted by Crippen LogP contribution is -2.47. The summed E-state index contributed by atoms with van der Waals surface area (Å²) in [4.78, 5) is 27.4. The molecule has 5 heteroatoms. The van der Waals surface area contributed by atoms with Gasteiger partial charge < -0.3 is 10.2 Å². The Bertz CT molecular complexity index is 499. The van der Waals surface area contributed by atoms with Gasteiger partial charge in [0.1, 0.15) is 0 Å². The van der Waals surface area contributed by atoms with Crippen LogP contribution < -0.4 is 5.32 Å². The van der Waals surface area contributed by atoms with Crippen molar-refractivity contribution in [2.24, 2.45) is 11.8 Å². The van der Waals surface area contributed by atoms with Gasteiger partial charge in [-0.3, -0.25) is 9.59 Å². The fourth-order valence-corrected chi connectivity index (χ4v) is 3.75. The van der Waals surface area contributed by atoms with Crippen LogP contribution in [0.15, 0.2) is 17.5 Å². The van der Waals surface area contributed by atoms with Crippen molar-refractivity contribution in [3.05, 3.63) is 22.4 Å². The van der Waals surface area contributed by atoms with E-state index in [9.17, 15) is 9.59 Å². The molecule has 1 aromatic heterocycles. The third-order valence-electron chi connectivity index (χ3n) is 4.02. The quantitative estimate of drug-likeness (QED) is 0.905. The number of amides is 2. The minimum atomic E-state index is -0.0766. The molecule has 2 amide bonds. The van der Waals surface area contributed by atoms with Crippen molar-refractivity contribution in [1.82, 2.24) is 10.2 Å². The Morgan fingerprint density at radius 3 is 2.82 bits per heavy atom. The summed E-state index contributed by atoms with van der Waals surface area (Å²) in [6, 6.07) is 3.93. The summed E-state index contributed by atoms with van der Waals surface area (Å²) in [7, 11) is 0. The van der Waals surface area contributed by atoms with Gasteiger partial charge in [0.05, 0.1) is 10.8 Å². The van der Waals surface area contributed by atoms with Crippen molar-refractivity contribution in [3.8, 4) is 0 Å². The third-order valence-corrected chi connectivity index (χ3v) is 4.88. The third kappa shape index (κ3) is 4.57. The van der Waals surface area contributed by atoms with Crippen LogP contribution in [0.4, 0.5) is 0 Å². The summed E-state index contributed by atoms with van der Waals surface area (Å²) >= 11 is 1.46. The average Bonchev–Trinajstić information content (AvgIpc) is 2.99. The second-order valence-electron chi connectivity index (χ2n) is 6.61. The van der Waals surface area contributed by atoms with Crippen molar-refractivity contribution in [3.63, 3.8) is 0 Å². The molecule has 1 saturated heterocycles. The Morgan fingerprint density at radius 1 is 1.41 bits per heavy atom. The predicted molar refractivity (Wildman–Crippen MR) is 90.0 cm³/mol. The molecule has 0 aliphatic carbocycles. The minimum Gasteiger partial charge on any atom is -0.353 e. The van der Waals surface area contributed by atoms with Crippen LogP contribution in [0.2, 0.25) is 0 Å². The Kier molecular flexibility index (Phi) is 6.00. The van der Waals surface area contributed by atoms with E-state index in [4.69, 9.17) is 0 Å². The van der Waals surface area contributed by atoms with Crippen LogP contribution in [-0.4, -0.2) is 35.8 Å². The van der Waals surface area contributed by atoms with Gasteiger partial charge in [0.25, 0.3) is 5.91 Å². The Labute approximate surface area is 136 Å². The largest absolute Gasteiger partial charge is 0.353 e. The van der Waals surface area contributed by atoms with Gasteiger partial charge in [0, 0.05) is 19.1 Å². The lowest BCUT2D eigenvalue weighted by molar-refractivity contribution is -0.127. The van der Waals surface area contributed by atoms with Crippen molar-refractivity contribution in [2.75, 3.05) is 13.1 Å². The Hall–Kier alpha value is -1.36. The van der Waals surface area contributed by atoms with E-state index in [0.29, 0.717) is 12.5 Å². The fraction of sp³-hybridized carbons (Fsp3) is 0.647. The molecule has 0 saturated carbocycles. The van der Waals surface area contributed by atoms with Crippen LogP contribution in [0, 0.1) is 11.8 Å². The van der Waals surface area contributed by atoms with Crippen LogP contribution in [0.25, 0.3) is 0 Å². The summed E-state index contributed by atoms with van der Waals surface area (Å²) in [6.07, 6.45) is 2.75. The summed E-state index contributed by atoms with van der Waals surface area (Å²) in [5.74, 6) is 0.644. The van der Waals surface area contributed by atoms with E-state index >= 15 is 0 Å². The normalized spacial score (nSPS) is 20.0. The maximum Gasteiger partial charge on any atom is 0.263 e. The molecule has 0 spiro atoms. The van der Waals surface area contributed by atoms with Crippen molar-refractivity contribution >= 4 is 23.2 Å². The molecular weight excluding hydrogens is 296 g/mol. The van der Waals surface area contributed by atoms with Gasteiger partial charge in [-0.05, 0) is 43.6 Å². The van der Waals surface area contributed by atoms with Crippen LogP contribution in [0.3, 0.4) is 0 Å². The van der Waals surface area contributed by atoms with Crippen molar-refractivity contribution < 1.29 is 9.59 Å². The van der Waals surface area contributed by atoms with E-state index in [2.05, 4.69) is 26.1 Å². The van der Waals surface area contributed by atoms with E-state index in [1.54, 1.807) is 0 Å². The van der Waals surface area contributed by atoms with Gasteiger partial charge in [0.15, 0.2) is 0 Å². The zero-order valence-electron chi connectivity index (χ0n) is 13.7. The molecule has 2 atom stereocenters. The number of hydrogen-bond donors (Lipinski definition) is 1. The second kappa shape index (κ2) is 7.77. The average molecular weight is 322 g/mol. The molecule has 1 aliphatic heterocycles. The van der Waals surface area contributed by atoms with Crippen LogP contribution in [0.5, 0.6) is 0 Å². The molecule has 122 valence electrons. The smallest absolute Gasteiger partial charge is 0.263 e. The second-order valence-corrected chi connectivity index (χ2v) is 7.55. The first-order chi connectivity index (χ1) is 10.5. The molecule has 2 rings (SSSR count). The molecular formula is C17H26N2O2S. The number of nitrogens with zero attached hydrogens (tertiary/aromatic N) is 1. The standard InChI is InChI=1S/C17H26N2O2S/c1-12(2)10-13(3)18-16(20)14-6-4-8-19(11-14)17(21)15-7-5-9-22-15/h5,7,9,12-14H,4,6,8,10-11H2,1-3H3,(H,18,20)/t13-,14+/m1/s1. The highest BCUT2D eigenvalue weighted by molar-refractivity contribution is 7.12. The van der Waals surface area contributed by atoms with Crippen LogP contribution in [-0.2, 0) is 4.79 Å².